The molecule has 0 aliphatic carbocycles. The van der Waals surface area contributed by atoms with Crippen molar-refractivity contribution in [1.29, 1.82) is 0 Å². The van der Waals surface area contributed by atoms with E-state index in [-0.39, 0.29) is 0 Å². The second-order valence-electron chi connectivity index (χ2n) is 7.15. The predicted octanol–water partition coefficient (Wildman–Crippen LogP) is 5.16. The molecule has 1 unspecified atom stereocenters. The van der Waals surface area contributed by atoms with Gasteiger partial charge in [0.25, 0.3) is 0 Å². The lowest BCUT2D eigenvalue weighted by Gasteiger charge is -2.11. The van der Waals surface area contributed by atoms with Crippen LogP contribution in [0.3, 0.4) is 0 Å². The molecule has 0 spiro atoms. The first-order valence-corrected chi connectivity index (χ1v) is 9.88. The van der Waals surface area contributed by atoms with E-state index in [0.29, 0.717) is 18.0 Å². The third-order valence-corrected chi connectivity index (χ3v) is 5.03. The molecule has 2 aromatic carbocycles. The first kappa shape index (κ1) is 19.8. The zero-order valence-corrected chi connectivity index (χ0v) is 16.7. The molecule has 1 aromatic heterocycles. The monoisotopic (exact) mass is 377 g/mol. The summed E-state index contributed by atoms with van der Waals surface area (Å²) in [6.07, 6.45) is 2.94. The van der Waals surface area contributed by atoms with Crippen molar-refractivity contribution >= 4 is 5.97 Å². The summed E-state index contributed by atoms with van der Waals surface area (Å²) in [5.74, 6) is 1.39. The standard InChI is InChI=1S/C23H27N3O2/c1-4-8-21-24-22(16(3)5-2)26(25-21)15-17-11-13-18(14-12-17)19-9-6-7-10-20(19)23(27)28/h6-7,9-14,16H,4-5,8,15H2,1-3H3,(H,27,28). The predicted molar refractivity (Wildman–Crippen MR) is 111 cm³/mol. The number of nitrogens with zero attached hydrogens (tertiary/aromatic N) is 3. The summed E-state index contributed by atoms with van der Waals surface area (Å²) in [5.41, 5.74) is 3.06. The van der Waals surface area contributed by atoms with Gasteiger partial charge in [-0.1, -0.05) is 63.2 Å². The molecule has 1 N–H and O–H groups in total. The molecule has 3 aromatic rings. The highest BCUT2D eigenvalue weighted by Crippen LogP contribution is 2.25. The summed E-state index contributed by atoms with van der Waals surface area (Å²) in [6, 6.07) is 15.1. The summed E-state index contributed by atoms with van der Waals surface area (Å²) >= 11 is 0. The molecule has 5 nitrogen and oxygen atoms in total. The first-order chi connectivity index (χ1) is 13.5. The maximum Gasteiger partial charge on any atom is 0.336 e. The Kier molecular flexibility index (Phi) is 6.24. The number of carboxylic acids is 1. The fraction of sp³-hybridized carbons (Fsp3) is 0.348. The molecule has 0 fully saturated rings. The van der Waals surface area contributed by atoms with Crippen molar-refractivity contribution in [2.75, 3.05) is 0 Å². The Hall–Kier alpha value is -2.95. The van der Waals surface area contributed by atoms with Crippen LogP contribution in [0.15, 0.2) is 48.5 Å². The van der Waals surface area contributed by atoms with E-state index >= 15 is 0 Å². The van der Waals surface area contributed by atoms with E-state index in [2.05, 4.69) is 20.8 Å². The van der Waals surface area contributed by atoms with Crippen LogP contribution in [0.1, 0.15) is 67.1 Å². The van der Waals surface area contributed by atoms with E-state index in [9.17, 15) is 9.90 Å². The van der Waals surface area contributed by atoms with Crippen molar-refractivity contribution in [2.45, 2.75) is 52.5 Å². The zero-order valence-electron chi connectivity index (χ0n) is 16.7. The lowest BCUT2D eigenvalue weighted by Crippen LogP contribution is -2.09. The van der Waals surface area contributed by atoms with Gasteiger partial charge in [-0.25, -0.2) is 14.5 Å². The Balaban J connectivity index is 1.87. The van der Waals surface area contributed by atoms with E-state index in [1.54, 1.807) is 12.1 Å². The van der Waals surface area contributed by atoms with Gasteiger partial charge in [-0.05, 0) is 35.6 Å². The minimum absolute atomic E-state index is 0.315. The molecule has 5 heteroatoms. The average molecular weight is 377 g/mol. The molecule has 0 radical (unpaired) electrons. The van der Waals surface area contributed by atoms with Gasteiger partial charge in [0, 0.05) is 12.3 Å². The van der Waals surface area contributed by atoms with Crippen LogP contribution in [-0.2, 0) is 13.0 Å². The van der Waals surface area contributed by atoms with Crippen molar-refractivity contribution < 1.29 is 9.90 Å². The largest absolute Gasteiger partial charge is 0.478 e. The molecule has 1 atom stereocenters. The Labute approximate surface area is 166 Å². The van der Waals surface area contributed by atoms with Crippen LogP contribution in [0.4, 0.5) is 0 Å². The molecule has 146 valence electrons. The van der Waals surface area contributed by atoms with Gasteiger partial charge >= 0.3 is 5.97 Å². The first-order valence-electron chi connectivity index (χ1n) is 9.88. The normalized spacial score (nSPS) is 12.1. The number of aromatic carboxylic acids is 1. The Bertz CT molecular complexity index is 945. The number of carbonyl (C=O) groups is 1. The summed E-state index contributed by atoms with van der Waals surface area (Å²) < 4.78 is 2.01. The highest BCUT2D eigenvalue weighted by Gasteiger charge is 2.15. The van der Waals surface area contributed by atoms with Gasteiger partial charge in [0.1, 0.15) is 5.82 Å². The van der Waals surface area contributed by atoms with E-state index in [1.807, 2.05) is 41.1 Å². The third-order valence-electron chi connectivity index (χ3n) is 5.03. The van der Waals surface area contributed by atoms with E-state index in [1.165, 1.54) is 0 Å². The third kappa shape index (κ3) is 4.30. The molecule has 0 aliphatic rings. The van der Waals surface area contributed by atoms with Crippen LogP contribution in [0.2, 0.25) is 0 Å². The van der Waals surface area contributed by atoms with Crippen LogP contribution >= 0.6 is 0 Å². The maximum absolute atomic E-state index is 11.5. The SMILES string of the molecule is CCCc1nc(C(C)CC)n(Cc2ccc(-c3ccccc3C(=O)O)cc2)n1. The van der Waals surface area contributed by atoms with Crippen LogP contribution in [-0.4, -0.2) is 25.8 Å². The van der Waals surface area contributed by atoms with Crippen molar-refractivity contribution in [2.24, 2.45) is 0 Å². The molecular formula is C23H27N3O2. The number of carboxylic acid groups (broad SMARTS) is 1. The fourth-order valence-electron chi connectivity index (χ4n) is 3.28. The molecular weight excluding hydrogens is 350 g/mol. The van der Waals surface area contributed by atoms with Gasteiger partial charge in [-0.15, -0.1) is 0 Å². The van der Waals surface area contributed by atoms with Gasteiger partial charge in [-0.3, -0.25) is 0 Å². The van der Waals surface area contributed by atoms with E-state index in [4.69, 9.17) is 10.1 Å². The van der Waals surface area contributed by atoms with Crippen LogP contribution in [0.25, 0.3) is 11.1 Å². The lowest BCUT2D eigenvalue weighted by molar-refractivity contribution is 0.0697. The molecule has 0 aliphatic heterocycles. The second-order valence-corrected chi connectivity index (χ2v) is 7.15. The number of aryl methyl sites for hydroxylation is 1. The number of aromatic nitrogens is 3. The van der Waals surface area contributed by atoms with E-state index < -0.39 is 5.97 Å². The molecule has 3 rings (SSSR count). The quantitative estimate of drug-likeness (QED) is 0.589. The molecule has 0 saturated carbocycles. The minimum Gasteiger partial charge on any atom is -0.478 e. The molecule has 1 heterocycles. The van der Waals surface area contributed by atoms with Gasteiger partial charge in [0.15, 0.2) is 5.82 Å². The average Bonchev–Trinajstić information content (AvgIpc) is 3.10. The molecule has 28 heavy (non-hydrogen) atoms. The Morgan fingerprint density at radius 3 is 2.46 bits per heavy atom. The highest BCUT2D eigenvalue weighted by atomic mass is 16.4. The summed E-state index contributed by atoms with van der Waals surface area (Å²) in [7, 11) is 0. The lowest BCUT2D eigenvalue weighted by atomic mass is 9.99. The Morgan fingerprint density at radius 1 is 1.11 bits per heavy atom. The van der Waals surface area contributed by atoms with Crippen LogP contribution in [0, 0.1) is 0 Å². The number of hydrogen-bond acceptors (Lipinski definition) is 3. The van der Waals surface area contributed by atoms with Gasteiger partial charge in [0.05, 0.1) is 12.1 Å². The fourth-order valence-corrected chi connectivity index (χ4v) is 3.28. The van der Waals surface area contributed by atoms with Gasteiger partial charge in [-0.2, -0.15) is 5.10 Å². The maximum atomic E-state index is 11.5. The van der Waals surface area contributed by atoms with Crippen molar-refractivity contribution in [3.63, 3.8) is 0 Å². The smallest absolute Gasteiger partial charge is 0.336 e. The molecule has 0 amide bonds. The number of hydrogen-bond donors (Lipinski definition) is 1. The van der Waals surface area contributed by atoms with Crippen molar-refractivity contribution in [3.05, 3.63) is 71.3 Å². The summed E-state index contributed by atoms with van der Waals surface area (Å²) in [6.45, 7) is 7.15. The highest BCUT2D eigenvalue weighted by molar-refractivity contribution is 5.95. The molecule has 0 saturated heterocycles. The topological polar surface area (TPSA) is 68.0 Å². The second kappa shape index (κ2) is 8.83. The van der Waals surface area contributed by atoms with Gasteiger partial charge in [0.2, 0.25) is 0 Å². The number of rotatable bonds is 8. The zero-order chi connectivity index (χ0) is 20.1. The van der Waals surface area contributed by atoms with Crippen molar-refractivity contribution in [1.82, 2.24) is 14.8 Å². The van der Waals surface area contributed by atoms with Gasteiger partial charge < -0.3 is 5.11 Å². The van der Waals surface area contributed by atoms with Crippen LogP contribution in [0.5, 0.6) is 0 Å². The number of benzene rings is 2. The molecule has 0 bridgehead atoms. The summed E-state index contributed by atoms with van der Waals surface area (Å²) in [4.78, 5) is 16.2. The van der Waals surface area contributed by atoms with Crippen LogP contribution < -0.4 is 0 Å². The summed E-state index contributed by atoms with van der Waals surface area (Å²) in [5, 5.41) is 14.1. The minimum atomic E-state index is -0.913. The Morgan fingerprint density at radius 2 is 1.82 bits per heavy atom. The van der Waals surface area contributed by atoms with E-state index in [0.717, 1.165) is 47.6 Å². The van der Waals surface area contributed by atoms with Crippen molar-refractivity contribution in [3.8, 4) is 11.1 Å².